The largest absolute Gasteiger partial charge is 0.480 e. The summed E-state index contributed by atoms with van der Waals surface area (Å²) in [6, 6.07) is 16.1. The summed E-state index contributed by atoms with van der Waals surface area (Å²) in [5, 5.41) is 15.4. The van der Waals surface area contributed by atoms with Crippen LogP contribution in [0.3, 0.4) is 0 Å². The van der Waals surface area contributed by atoms with E-state index in [-0.39, 0.29) is 23.1 Å². The van der Waals surface area contributed by atoms with E-state index in [0.29, 0.717) is 27.7 Å². The second-order valence-electron chi connectivity index (χ2n) is 7.68. The number of thiocarbonyl (C=S) groups is 1. The van der Waals surface area contributed by atoms with E-state index in [4.69, 9.17) is 28.2 Å². The van der Waals surface area contributed by atoms with Crippen molar-refractivity contribution in [3.63, 3.8) is 0 Å². The molecule has 1 aliphatic rings. The summed E-state index contributed by atoms with van der Waals surface area (Å²) in [5.74, 6) is -1.27. The molecule has 4 rings (SSSR count). The number of benzene rings is 2. The molecular weight excluding hydrogens is 490 g/mol. The Kier molecular flexibility index (Phi) is 6.99. The number of carbonyl (C=O) groups is 3. The lowest BCUT2D eigenvalue weighted by molar-refractivity contribution is -0.145. The molecule has 2 aromatic carbocycles. The Bertz CT molecular complexity index is 1350. The molecule has 3 N–H and O–H groups in total. The summed E-state index contributed by atoms with van der Waals surface area (Å²) >= 11 is 11.4. The Morgan fingerprint density at radius 1 is 1.20 bits per heavy atom. The van der Waals surface area contributed by atoms with Crippen molar-refractivity contribution >= 4 is 52.8 Å². The monoisotopic (exact) mass is 509 g/mol. The van der Waals surface area contributed by atoms with Crippen LogP contribution in [0.2, 0.25) is 5.02 Å². The van der Waals surface area contributed by atoms with Crippen molar-refractivity contribution in [2.75, 3.05) is 7.05 Å². The molecule has 8 nitrogen and oxygen atoms in total. The van der Waals surface area contributed by atoms with Crippen LogP contribution < -0.4 is 10.6 Å². The van der Waals surface area contributed by atoms with E-state index in [0.717, 1.165) is 10.5 Å². The average molecular weight is 510 g/mol. The molecule has 1 aromatic heterocycles. The maximum absolute atomic E-state index is 13.1. The molecule has 1 fully saturated rings. The lowest BCUT2D eigenvalue weighted by Crippen LogP contribution is -2.46. The zero-order chi connectivity index (χ0) is 25.1. The predicted octanol–water partition coefficient (Wildman–Crippen LogP) is 3.71. The average Bonchev–Trinajstić information content (AvgIpc) is 3.42. The van der Waals surface area contributed by atoms with Gasteiger partial charge in [-0.2, -0.15) is 0 Å². The van der Waals surface area contributed by atoms with Crippen molar-refractivity contribution in [3.05, 3.63) is 88.3 Å². The quantitative estimate of drug-likeness (QED) is 0.329. The summed E-state index contributed by atoms with van der Waals surface area (Å²) in [5.41, 5.74) is 1.78. The van der Waals surface area contributed by atoms with E-state index in [1.807, 2.05) is 6.07 Å². The number of carboxylic acid groups (broad SMARTS) is 1. The molecule has 0 saturated carbocycles. The van der Waals surface area contributed by atoms with Gasteiger partial charge in [-0.1, -0.05) is 41.9 Å². The zero-order valence-electron chi connectivity index (χ0n) is 18.4. The van der Waals surface area contributed by atoms with Crippen molar-refractivity contribution in [1.29, 1.82) is 0 Å². The van der Waals surface area contributed by atoms with Crippen LogP contribution in [0.15, 0.2) is 70.8 Å². The smallest absolute Gasteiger partial charge is 0.327 e. The lowest BCUT2D eigenvalue weighted by Gasteiger charge is -2.22. The molecule has 1 aliphatic heterocycles. The van der Waals surface area contributed by atoms with Crippen molar-refractivity contribution < 1.29 is 23.9 Å². The number of furan rings is 1. The third-order valence-electron chi connectivity index (χ3n) is 5.41. The molecule has 0 bridgehead atoms. The van der Waals surface area contributed by atoms with Crippen LogP contribution in [0.1, 0.15) is 21.7 Å². The van der Waals surface area contributed by atoms with E-state index >= 15 is 0 Å². The number of hydrogen-bond acceptors (Lipinski definition) is 5. The normalized spacial score (nSPS) is 15.3. The maximum atomic E-state index is 13.1. The number of carboxylic acids is 1. The number of halogens is 1. The molecule has 10 heteroatoms. The minimum absolute atomic E-state index is 0.00396. The Morgan fingerprint density at radius 3 is 2.63 bits per heavy atom. The van der Waals surface area contributed by atoms with Gasteiger partial charge in [0.1, 0.15) is 23.3 Å². The van der Waals surface area contributed by atoms with Crippen LogP contribution >= 0.6 is 23.8 Å². The number of rotatable bonds is 7. The van der Waals surface area contributed by atoms with Gasteiger partial charge >= 0.3 is 5.97 Å². The van der Waals surface area contributed by atoms with Crippen molar-refractivity contribution in [2.24, 2.45) is 0 Å². The number of nitrogens with zero attached hydrogens (tertiary/aromatic N) is 1. The minimum atomic E-state index is -1.17. The summed E-state index contributed by atoms with van der Waals surface area (Å²) in [4.78, 5) is 38.1. The molecule has 1 atom stereocenters. The molecule has 178 valence electrons. The molecule has 1 unspecified atom stereocenters. The van der Waals surface area contributed by atoms with Gasteiger partial charge in [0.2, 0.25) is 0 Å². The van der Waals surface area contributed by atoms with E-state index in [1.165, 1.54) is 13.1 Å². The van der Waals surface area contributed by atoms with Crippen LogP contribution in [0, 0.1) is 0 Å². The molecule has 0 radical (unpaired) electrons. The van der Waals surface area contributed by atoms with Crippen LogP contribution in [0.4, 0.5) is 0 Å². The summed E-state index contributed by atoms with van der Waals surface area (Å²) in [6.45, 7) is 0. The molecule has 0 aliphatic carbocycles. The molecule has 1 saturated heterocycles. The van der Waals surface area contributed by atoms with Crippen molar-refractivity contribution in [3.8, 4) is 11.3 Å². The van der Waals surface area contributed by atoms with Crippen LogP contribution in [-0.2, 0) is 16.0 Å². The highest BCUT2D eigenvalue weighted by molar-refractivity contribution is 7.80. The first-order valence-electron chi connectivity index (χ1n) is 10.5. The molecule has 2 heterocycles. The fourth-order valence-electron chi connectivity index (χ4n) is 3.67. The summed E-state index contributed by atoms with van der Waals surface area (Å²) in [6.07, 6.45) is 1.56. The fraction of sp³-hybridized carbons (Fsp3) is 0.120. The molecule has 3 aromatic rings. The first kappa shape index (κ1) is 24.2. The predicted molar refractivity (Wildman–Crippen MR) is 135 cm³/mol. The number of amides is 2. The third-order valence-corrected chi connectivity index (χ3v) is 6.04. The van der Waals surface area contributed by atoms with Crippen molar-refractivity contribution in [1.82, 2.24) is 15.5 Å². The Labute approximate surface area is 211 Å². The van der Waals surface area contributed by atoms with Crippen LogP contribution in [0.5, 0.6) is 0 Å². The number of hydrogen-bond donors (Lipinski definition) is 3. The van der Waals surface area contributed by atoms with Gasteiger partial charge < -0.3 is 20.2 Å². The van der Waals surface area contributed by atoms with Crippen molar-refractivity contribution in [2.45, 2.75) is 12.5 Å². The Hall–Kier alpha value is -3.95. The van der Waals surface area contributed by atoms with Gasteiger partial charge in [0.15, 0.2) is 5.11 Å². The van der Waals surface area contributed by atoms with Crippen LogP contribution in [-0.4, -0.2) is 46.0 Å². The third kappa shape index (κ3) is 5.11. The summed E-state index contributed by atoms with van der Waals surface area (Å²) < 4.78 is 5.84. The van der Waals surface area contributed by atoms with Gasteiger partial charge in [-0.3, -0.25) is 14.5 Å². The number of carbonyl (C=O) groups excluding carboxylic acids is 2. The van der Waals surface area contributed by atoms with Gasteiger partial charge in [0, 0.05) is 25.1 Å². The summed E-state index contributed by atoms with van der Waals surface area (Å²) in [7, 11) is 1.51. The Balaban J connectivity index is 1.58. The van der Waals surface area contributed by atoms with Gasteiger partial charge in [0.05, 0.1) is 10.6 Å². The van der Waals surface area contributed by atoms with E-state index < -0.39 is 17.9 Å². The van der Waals surface area contributed by atoms with E-state index in [9.17, 15) is 19.5 Å². The second-order valence-corrected chi connectivity index (χ2v) is 8.48. The first-order chi connectivity index (χ1) is 16.8. The lowest BCUT2D eigenvalue weighted by atomic mass is 10.0. The topological polar surface area (TPSA) is 112 Å². The first-order valence-corrected chi connectivity index (χ1v) is 11.3. The van der Waals surface area contributed by atoms with Gasteiger partial charge in [-0.05, 0) is 48.1 Å². The molecule has 2 amide bonds. The molecule has 0 spiro atoms. The van der Waals surface area contributed by atoms with Gasteiger partial charge in [0.25, 0.3) is 11.8 Å². The number of aliphatic carboxylic acids is 1. The second kappa shape index (κ2) is 10.1. The number of nitrogens with one attached hydrogen (secondary N) is 2. The maximum Gasteiger partial charge on any atom is 0.327 e. The minimum Gasteiger partial charge on any atom is -0.480 e. The standard InChI is InChI=1S/C25H20ClN3O5S/c1-27-22(30)17-12-15(7-9-18(17)26)21-10-8-16(34-21)13-19-23(31)29(25(35)28-19)20(24(32)33)11-14-5-3-2-4-6-14/h2-10,12-13,20H,11H2,1H3,(H,27,30)(H,28,35)(H,32,33)/b19-13+. The highest BCUT2D eigenvalue weighted by Gasteiger charge is 2.39. The highest BCUT2D eigenvalue weighted by Crippen LogP contribution is 2.28. The Morgan fingerprint density at radius 2 is 1.94 bits per heavy atom. The fourth-order valence-corrected chi connectivity index (χ4v) is 4.20. The highest BCUT2D eigenvalue weighted by atomic mass is 35.5. The SMILES string of the molecule is CNC(=O)c1cc(-c2ccc(/C=C3/NC(=S)N(C(Cc4ccccc4)C(=O)O)C3=O)o2)ccc1Cl. The van der Waals surface area contributed by atoms with Gasteiger partial charge in [-0.25, -0.2) is 4.79 Å². The van der Waals surface area contributed by atoms with E-state index in [2.05, 4.69) is 10.6 Å². The van der Waals surface area contributed by atoms with E-state index in [1.54, 1.807) is 54.6 Å². The van der Waals surface area contributed by atoms with Crippen LogP contribution in [0.25, 0.3) is 17.4 Å². The van der Waals surface area contributed by atoms with Gasteiger partial charge in [-0.15, -0.1) is 0 Å². The molecular formula is C25H20ClN3O5S. The zero-order valence-corrected chi connectivity index (χ0v) is 20.0. The molecule has 35 heavy (non-hydrogen) atoms.